The first-order valence-electron chi connectivity index (χ1n) is 7.32. The molecule has 0 unspecified atom stereocenters. The van der Waals surface area contributed by atoms with Crippen molar-refractivity contribution < 1.29 is 17.9 Å². The lowest BCUT2D eigenvalue weighted by molar-refractivity contribution is -0.143. The molecule has 1 rings (SSSR count). The standard InChI is InChI=1S/C16H25NO4S/c1-7-11(3)14(16(18)21-6)17-22(19,20)15-12(4)8-10(2)9-13(15)5/h8-9,11,14,17H,7H2,1-6H3/t11-,14+/m0/s1. The summed E-state index contributed by atoms with van der Waals surface area (Å²) in [5.74, 6) is -0.728. The topological polar surface area (TPSA) is 72.5 Å². The Morgan fingerprint density at radius 2 is 1.73 bits per heavy atom. The van der Waals surface area contributed by atoms with Gasteiger partial charge in [0.25, 0.3) is 0 Å². The summed E-state index contributed by atoms with van der Waals surface area (Å²) in [5.41, 5.74) is 2.33. The maximum Gasteiger partial charge on any atom is 0.324 e. The Balaban J connectivity index is 3.27. The molecule has 2 atom stereocenters. The van der Waals surface area contributed by atoms with Crippen molar-refractivity contribution in [3.63, 3.8) is 0 Å². The van der Waals surface area contributed by atoms with Crippen molar-refractivity contribution in [3.8, 4) is 0 Å². The first kappa shape index (κ1) is 18.6. The number of esters is 1. The minimum absolute atomic E-state index is 0.159. The highest BCUT2D eigenvalue weighted by Crippen LogP contribution is 2.23. The predicted octanol–water partition coefficient (Wildman–Crippen LogP) is 2.48. The number of carbonyl (C=O) groups excluding carboxylic acids is 1. The van der Waals surface area contributed by atoms with Crippen LogP contribution in [0.15, 0.2) is 17.0 Å². The summed E-state index contributed by atoms with van der Waals surface area (Å²) in [6.45, 7) is 9.15. The number of hydrogen-bond acceptors (Lipinski definition) is 4. The average molecular weight is 327 g/mol. The quantitative estimate of drug-likeness (QED) is 0.815. The van der Waals surface area contributed by atoms with Gasteiger partial charge in [0.05, 0.1) is 12.0 Å². The molecular weight excluding hydrogens is 302 g/mol. The van der Waals surface area contributed by atoms with Gasteiger partial charge in [-0.3, -0.25) is 4.79 Å². The number of aryl methyl sites for hydroxylation is 3. The normalized spacial score (nSPS) is 14.5. The van der Waals surface area contributed by atoms with E-state index in [1.54, 1.807) is 13.8 Å². The molecule has 1 N–H and O–H groups in total. The Bertz CT molecular complexity index is 629. The Hall–Kier alpha value is -1.40. The van der Waals surface area contributed by atoms with Gasteiger partial charge in [-0.15, -0.1) is 0 Å². The number of hydrogen-bond donors (Lipinski definition) is 1. The molecule has 0 aliphatic heterocycles. The van der Waals surface area contributed by atoms with Crippen LogP contribution in [0.2, 0.25) is 0 Å². The molecule has 0 aliphatic carbocycles. The Morgan fingerprint density at radius 1 is 1.23 bits per heavy atom. The molecule has 0 saturated carbocycles. The van der Waals surface area contributed by atoms with E-state index in [0.29, 0.717) is 17.5 Å². The number of carbonyl (C=O) groups is 1. The second-order valence-electron chi connectivity index (χ2n) is 5.74. The molecule has 0 amide bonds. The highest BCUT2D eigenvalue weighted by Gasteiger charge is 2.31. The minimum atomic E-state index is -3.80. The third kappa shape index (κ3) is 4.08. The molecule has 22 heavy (non-hydrogen) atoms. The summed E-state index contributed by atoms with van der Waals surface area (Å²) >= 11 is 0. The fraction of sp³-hybridized carbons (Fsp3) is 0.562. The second-order valence-corrected chi connectivity index (χ2v) is 7.39. The van der Waals surface area contributed by atoms with Crippen LogP contribution in [0.4, 0.5) is 0 Å². The number of methoxy groups -OCH3 is 1. The van der Waals surface area contributed by atoms with Crippen LogP contribution in [0, 0.1) is 26.7 Å². The first-order chi connectivity index (χ1) is 10.1. The minimum Gasteiger partial charge on any atom is -0.468 e. The number of nitrogens with one attached hydrogen (secondary N) is 1. The molecule has 1 aromatic carbocycles. The molecule has 1 aromatic rings. The van der Waals surface area contributed by atoms with Crippen LogP contribution in [0.5, 0.6) is 0 Å². The molecule has 6 heteroatoms. The summed E-state index contributed by atoms with van der Waals surface area (Å²) in [7, 11) is -2.54. The fourth-order valence-electron chi connectivity index (χ4n) is 2.58. The molecule has 0 radical (unpaired) electrons. The van der Waals surface area contributed by atoms with E-state index >= 15 is 0 Å². The SMILES string of the molecule is CC[C@H](C)[C@@H](NS(=O)(=O)c1c(C)cc(C)cc1C)C(=O)OC. The van der Waals surface area contributed by atoms with Gasteiger partial charge in [0.15, 0.2) is 0 Å². The number of sulfonamides is 1. The van der Waals surface area contributed by atoms with E-state index in [1.807, 2.05) is 32.9 Å². The predicted molar refractivity (Wildman–Crippen MR) is 86.2 cm³/mol. The molecular formula is C16H25NO4S. The summed E-state index contributed by atoms with van der Waals surface area (Å²) in [6.07, 6.45) is 0.661. The number of benzene rings is 1. The number of ether oxygens (including phenoxy) is 1. The van der Waals surface area contributed by atoms with Gasteiger partial charge in [-0.25, -0.2) is 8.42 Å². The van der Waals surface area contributed by atoms with Gasteiger partial charge in [-0.2, -0.15) is 4.72 Å². The molecule has 0 saturated heterocycles. The van der Waals surface area contributed by atoms with E-state index < -0.39 is 22.0 Å². The van der Waals surface area contributed by atoms with Crippen LogP contribution in [0.25, 0.3) is 0 Å². The van der Waals surface area contributed by atoms with Gasteiger partial charge in [0, 0.05) is 0 Å². The van der Waals surface area contributed by atoms with Crippen molar-refractivity contribution in [1.29, 1.82) is 0 Å². The monoisotopic (exact) mass is 327 g/mol. The van der Waals surface area contributed by atoms with Crippen molar-refractivity contribution in [2.24, 2.45) is 5.92 Å². The first-order valence-corrected chi connectivity index (χ1v) is 8.80. The zero-order valence-corrected chi connectivity index (χ0v) is 14.9. The van der Waals surface area contributed by atoms with E-state index in [2.05, 4.69) is 4.72 Å². The van der Waals surface area contributed by atoms with Crippen molar-refractivity contribution in [2.75, 3.05) is 7.11 Å². The molecule has 0 spiro atoms. The highest BCUT2D eigenvalue weighted by molar-refractivity contribution is 7.89. The molecule has 124 valence electrons. The van der Waals surface area contributed by atoms with Gasteiger partial charge in [0.2, 0.25) is 10.0 Å². The Morgan fingerprint density at radius 3 is 2.14 bits per heavy atom. The smallest absolute Gasteiger partial charge is 0.324 e. The van der Waals surface area contributed by atoms with E-state index in [0.717, 1.165) is 5.56 Å². The zero-order chi connectivity index (χ0) is 17.1. The average Bonchev–Trinajstić information content (AvgIpc) is 2.41. The van der Waals surface area contributed by atoms with Crippen LogP contribution in [-0.4, -0.2) is 27.5 Å². The third-order valence-electron chi connectivity index (χ3n) is 3.82. The van der Waals surface area contributed by atoms with Crippen molar-refractivity contribution in [2.45, 2.75) is 52.0 Å². The molecule has 0 heterocycles. The van der Waals surface area contributed by atoms with Crippen LogP contribution in [0.1, 0.15) is 37.0 Å². The Labute approximate surface area is 133 Å². The van der Waals surface area contributed by atoms with Crippen LogP contribution < -0.4 is 4.72 Å². The fourth-order valence-corrected chi connectivity index (χ4v) is 4.32. The van der Waals surface area contributed by atoms with Crippen LogP contribution in [0.3, 0.4) is 0 Å². The summed E-state index contributed by atoms with van der Waals surface area (Å²) < 4.78 is 32.7. The van der Waals surface area contributed by atoms with Gasteiger partial charge in [-0.1, -0.05) is 38.0 Å². The lowest BCUT2D eigenvalue weighted by atomic mass is 10.0. The van der Waals surface area contributed by atoms with Gasteiger partial charge in [0.1, 0.15) is 6.04 Å². The second kappa shape index (κ2) is 7.24. The van der Waals surface area contributed by atoms with Crippen LogP contribution >= 0.6 is 0 Å². The third-order valence-corrected chi connectivity index (χ3v) is 5.57. The van der Waals surface area contributed by atoms with Gasteiger partial charge >= 0.3 is 5.97 Å². The van der Waals surface area contributed by atoms with E-state index in [1.165, 1.54) is 7.11 Å². The lowest BCUT2D eigenvalue weighted by Gasteiger charge is -2.23. The van der Waals surface area contributed by atoms with Crippen molar-refractivity contribution in [1.82, 2.24) is 4.72 Å². The maximum absolute atomic E-state index is 12.7. The lowest BCUT2D eigenvalue weighted by Crippen LogP contribution is -2.45. The van der Waals surface area contributed by atoms with E-state index in [-0.39, 0.29) is 10.8 Å². The van der Waals surface area contributed by atoms with Gasteiger partial charge in [-0.05, 0) is 37.8 Å². The van der Waals surface area contributed by atoms with Crippen LogP contribution in [-0.2, 0) is 19.6 Å². The Kier molecular flexibility index (Phi) is 6.14. The largest absolute Gasteiger partial charge is 0.468 e. The van der Waals surface area contributed by atoms with Crippen molar-refractivity contribution >= 4 is 16.0 Å². The van der Waals surface area contributed by atoms with Crippen molar-refractivity contribution in [3.05, 3.63) is 28.8 Å². The maximum atomic E-state index is 12.7. The zero-order valence-electron chi connectivity index (χ0n) is 14.1. The molecule has 5 nitrogen and oxygen atoms in total. The molecule has 0 bridgehead atoms. The summed E-state index contributed by atoms with van der Waals surface area (Å²) in [4.78, 5) is 12.1. The number of rotatable bonds is 6. The molecule has 0 aliphatic rings. The molecule has 0 aromatic heterocycles. The summed E-state index contributed by atoms with van der Waals surface area (Å²) in [6, 6.07) is 2.75. The van der Waals surface area contributed by atoms with E-state index in [4.69, 9.17) is 4.74 Å². The van der Waals surface area contributed by atoms with E-state index in [9.17, 15) is 13.2 Å². The summed E-state index contributed by atoms with van der Waals surface area (Å²) in [5, 5.41) is 0. The highest BCUT2D eigenvalue weighted by atomic mass is 32.2. The van der Waals surface area contributed by atoms with Gasteiger partial charge < -0.3 is 4.74 Å². The molecule has 0 fully saturated rings.